The molecule has 1 aliphatic heterocycles. The molecule has 0 radical (unpaired) electrons. The van der Waals surface area contributed by atoms with E-state index < -0.39 is 10.0 Å². The number of rotatable bonds is 5. The number of morpholine rings is 1. The van der Waals surface area contributed by atoms with E-state index in [9.17, 15) is 13.2 Å². The lowest BCUT2D eigenvalue weighted by Gasteiger charge is -2.26. The highest BCUT2D eigenvalue weighted by atomic mass is 32.2. The molecule has 0 bridgehead atoms. The molecule has 1 aliphatic rings. The van der Waals surface area contributed by atoms with Crippen molar-refractivity contribution in [3.8, 4) is 0 Å². The van der Waals surface area contributed by atoms with Crippen LogP contribution in [0.15, 0.2) is 53.4 Å². The highest BCUT2D eigenvalue weighted by Gasteiger charge is 2.25. The summed E-state index contributed by atoms with van der Waals surface area (Å²) >= 11 is 0. The van der Waals surface area contributed by atoms with Gasteiger partial charge in [-0.3, -0.25) is 4.79 Å². The fraction of sp³-hybridized carbons (Fsp3) is 0.286. The predicted octanol–water partition coefficient (Wildman–Crippen LogP) is 2.98. The molecule has 1 saturated heterocycles. The molecular weight excluding hydrogens is 376 g/mol. The molecule has 7 heteroatoms. The Hall–Kier alpha value is -2.48. The summed E-state index contributed by atoms with van der Waals surface area (Å²) in [5.74, 6) is -0.234. The van der Waals surface area contributed by atoms with Crippen molar-refractivity contribution in [1.82, 2.24) is 4.31 Å². The van der Waals surface area contributed by atoms with Crippen LogP contribution < -0.4 is 5.32 Å². The SMILES string of the molecule is Cc1cccc(C)c1NC(=O)/C=C/c1ccc(S(=O)(=O)N2CCOCC2)cc1. The van der Waals surface area contributed by atoms with Crippen LogP contribution in [0.3, 0.4) is 0 Å². The number of ether oxygens (including phenoxy) is 1. The molecule has 28 heavy (non-hydrogen) atoms. The number of nitrogens with one attached hydrogen (secondary N) is 1. The minimum absolute atomic E-state index is 0.234. The number of amides is 1. The summed E-state index contributed by atoms with van der Waals surface area (Å²) in [7, 11) is -3.51. The Morgan fingerprint density at radius 1 is 1.04 bits per heavy atom. The molecule has 1 amide bonds. The highest BCUT2D eigenvalue weighted by molar-refractivity contribution is 7.89. The van der Waals surface area contributed by atoms with Crippen LogP contribution in [0.5, 0.6) is 0 Å². The summed E-state index contributed by atoms with van der Waals surface area (Å²) in [6.07, 6.45) is 3.10. The number of nitrogens with zero attached hydrogens (tertiary/aromatic N) is 1. The van der Waals surface area contributed by atoms with Crippen molar-refractivity contribution in [3.05, 3.63) is 65.2 Å². The van der Waals surface area contributed by atoms with Gasteiger partial charge < -0.3 is 10.1 Å². The molecule has 3 rings (SSSR count). The van der Waals surface area contributed by atoms with E-state index in [-0.39, 0.29) is 10.8 Å². The Morgan fingerprint density at radius 2 is 1.64 bits per heavy atom. The quantitative estimate of drug-likeness (QED) is 0.783. The second-order valence-corrected chi connectivity index (χ2v) is 8.61. The molecule has 0 atom stereocenters. The van der Waals surface area contributed by atoms with Crippen LogP contribution in [0.1, 0.15) is 16.7 Å². The molecule has 0 aliphatic carbocycles. The van der Waals surface area contributed by atoms with E-state index in [1.54, 1.807) is 30.3 Å². The Labute approximate surface area is 165 Å². The number of carbonyl (C=O) groups is 1. The number of benzene rings is 2. The van der Waals surface area contributed by atoms with Crippen LogP contribution >= 0.6 is 0 Å². The van der Waals surface area contributed by atoms with Crippen molar-refractivity contribution < 1.29 is 17.9 Å². The third-order valence-corrected chi connectivity index (χ3v) is 6.56. The zero-order valence-corrected chi connectivity index (χ0v) is 16.8. The molecule has 2 aromatic carbocycles. The van der Waals surface area contributed by atoms with Crippen LogP contribution in [0.2, 0.25) is 0 Å². The van der Waals surface area contributed by atoms with Gasteiger partial charge in [-0.05, 0) is 48.7 Å². The van der Waals surface area contributed by atoms with Crippen molar-refractivity contribution in [2.45, 2.75) is 18.7 Å². The number of para-hydroxylation sites is 1. The Kier molecular flexibility index (Phi) is 6.28. The van der Waals surface area contributed by atoms with E-state index in [4.69, 9.17) is 4.74 Å². The summed E-state index contributed by atoms with van der Waals surface area (Å²) in [6.45, 7) is 5.44. The molecule has 6 nitrogen and oxygen atoms in total. The molecule has 2 aromatic rings. The summed E-state index contributed by atoms with van der Waals surface area (Å²) in [6, 6.07) is 12.3. The predicted molar refractivity (Wildman–Crippen MR) is 110 cm³/mol. The fourth-order valence-corrected chi connectivity index (χ4v) is 4.44. The molecule has 0 saturated carbocycles. The van der Waals surface area contributed by atoms with Crippen molar-refractivity contribution in [3.63, 3.8) is 0 Å². The zero-order chi connectivity index (χ0) is 20.1. The number of sulfonamides is 1. The number of hydrogen-bond donors (Lipinski definition) is 1. The van der Waals surface area contributed by atoms with Gasteiger partial charge in [-0.2, -0.15) is 4.31 Å². The van der Waals surface area contributed by atoms with Gasteiger partial charge in [0, 0.05) is 24.9 Å². The molecule has 148 valence electrons. The normalized spacial score (nSPS) is 15.6. The van der Waals surface area contributed by atoms with Gasteiger partial charge in [-0.25, -0.2) is 8.42 Å². The molecule has 0 unspecified atom stereocenters. The van der Waals surface area contributed by atoms with Gasteiger partial charge in [-0.15, -0.1) is 0 Å². The molecule has 1 heterocycles. The topological polar surface area (TPSA) is 75.7 Å². The molecule has 1 N–H and O–H groups in total. The lowest BCUT2D eigenvalue weighted by Crippen LogP contribution is -2.40. The fourth-order valence-electron chi connectivity index (χ4n) is 3.04. The van der Waals surface area contributed by atoms with E-state index in [0.29, 0.717) is 26.3 Å². The number of carbonyl (C=O) groups excluding carboxylic acids is 1. The van der Waals surface area contributed by atoms with E-state index in [2.05, 4.69) is 5.32 Å². The third kappa shape index (κ3) is 4.67. The molecular formula is C21H24N2O4S. The average molecular weight is 401 g/mol. The van der Waals surface area contributed by atoms with Gasteiger partial charge in [0.2, 0.25) is 15.9 Å². The lowest BCUT2D eigenvalue weighted by molar-refractivity contribution is -0.111. The van der Waals surface area contributed by atoms with Crippen molar-refractivity contribution in [2.24, 2.45) is 0 Å². The van der Waals surface area contributed by atoms with Gasteiger partial charge in [0.15, 0.2) is 0 Å². The van der Waals surface area contributed by atoms with E-state index in [1.807, 2.05) is 32.0 Å². The first-order valence-electron chi connectivity index (χ1n) is 9.11. The van der Waals surface area contributed by atoms with E-state index >= 15 is 0 Å². The average Bonchev–Trinajstić information content (AvgIpc) is 2.70. The first-order valence-corrected chi connectivity index (χ1v) is 10.6. The van der Waals surface area contributed by atoms with Crippen molar-refractivity contribution >= 4 is 27.7 Å². The Morgan fingerprint density at radius 3 is 2.25 bits per heavy atom. The smallest absolute Gasteiger partial charge is 0.248 e. The van der Waals surface area contributed by atoms with Crippen LogP contribution in [0.25, 0.3) is 6.08 Å². The maximum absolute atomic E-state index is 12.6. The summed E-state index contributed by atoms with van der Waals surface area (Å²) in [5, 5.41) is 2.89. The maximum atomic E-state index is 12.6. The third-order valence-electron chi connectivity index (χ3n) is 4.64. The largest absolute Gasteiger partial charge is 0.379 e. The standard InChI is InChI=1S/C21H24N2O4S/c1-16-4-3-5-17(2)21(16)22-20(24)11-8-18-6-9-19(10-7-18)28(25,26)23-12-14-27-15-13-23/h3-11H,12-15H2,1-2H3,(H,22,24)/b11-8+. The summed E-state index contributed by atoms with van der Waals surface area (Å²) in [4.78, 5) is 12.5. The molecule has 1 fully saturated rings. The van der Waals surface area contributed by atoms with Crippen molar-refractivity contribution in [2.75, 3.05) is 31.6 Å². The van der Waals surface area contributed by atoms with Crippen molar-refractivity contribution in [1.29, 1.82) is 0 Å². The van der Waals surface area contributed by atoms with Gasteiger partial charge in [0.25, 0.3) is 0 Å². The number of aryl methyl sites for hydroxylation is 2. The molecule has 0 spiro atoms. The van der Waals surface area contributed by atoms with Crippen LogP contribution in [-0.2, 0) is 19.6 Å². The second kappa shape index (κ2) is 8.68. The lowest BCUT2D eigenvalue weighted by atomic mass is 10.1. The number of anilines is 1. The first kappa shape index (κ1) is 20.3. The Balaban J connectivity index is 1.67. The van der Waals surface area contributed by atoms with E-state index in [0.717, 1.165) is 22.4 Å². The van der Waals surface area contributed by atoms with Crippen LogP contribution in [0, 0.1) is 13.8 Å². The zero-order valence-electron chi connectivity index (χ0n) is 16.0. The van der Waals surface area contributed by atoms with Gasteiger partial charge >= 0.3 is 0 Å². The summed E-state index contributed by atoms with van der Waals surface area (Å²) in [5.41, 5.74) is 3.56. The monoisotopic (exact) mass is 400 g/mol. The Bertz CT molecular complexity index is 956. The van der Waals surface area contributed by atoms with Gasteiger partial charge in [0.1, 0.15) is 0 Å². The molecule has 0 aromatic heterocycles. The van der Waals surface area contributed by atoms with Crippen LogP contribution in [-0.4, -0.2) is 44.9 Å². The maximum Gasteiger partial charge on any atom is 0.248 e. The van der Waals surface area contributed by atoms with Gasteiger partial charge in [0.05, 0.1) is 18.1 Å². The number of hydrogen-bond acceptors (Lipinski definition) is 4. The summed E-state index contributed by atoms with van der Waals surface area (Å²) < 4.78 is 31.9. The van der Waals surface area contributed by atoms with Crippen LogP contribution in [0.4, 0.5) is 5.69 Å². The van der Waals surface area contributed by atoms with E-state index in [1.165, 1.54) is 10.4 Å². The second-order valence-electron chi connectivity index (χ2n) is 6.67. The first-order chi connectivity index (χ1) is 13.4. The minimum atomic E-state index is -3.51. The van der Waals surface area contributed by atoms with Gasteiger partial charge in [-0.1, -0.05) is 30.3 Å². The highest BCUT2D eigenvalue weighted by Crippen LogP contribution is 2.20. The minimum Gasteiger partial charge on any atom is -0.379 e.